The molecule has 7 heteroatoms. The van der Waals surface area contributed by atoms with Gasteiger partial charge in [-0.05, 0) is 42.5 Å². The molecule has 1 aliphatic rings. The van der Waals surface area contributed by atoms with Crippen molar-refractivity contribution in [3.63, 3.8) is 0 Å². The quantitative estimate of drug-likeness (QED) is 0.598. The second-order valence-corrected chi connectivity index (χ2v) is 8.85. The van der Waals surface area contributed by atoms with Crippen molar-refractivity contribution in [3.05, 3.63) is 82.1 Å². The first-order valence-electron chi connectivity index (χ1n) is 10.4. The van der Waals surface area contributed by atoms with Crippen LogP contribution >= 0.6 is 11.3 Å². The average Bonchev–Trinajstić information content (AvgIpc) is 3.20. The molecule has 1 aromatic heterocycles. The van der Waals surface area contributed by atoms with Gasteiger partial charge in [-0.2, -0.15) is 0 Å². The average molecular weight is 438 g/mol. The molecule has 2 heterocycles. The summed E-state index contributed by atoms with van der Waals surface area (Å²) in [7, 11) is 0. The minimum absolute atomic E-state index is 0.00326. The van der Waals surface area contributed by atoms with E-state index in [1.54, 1.807) is 24.1 Å². The lowest BCUT2D eigenvalue weighted by Crippen LogP contribution is -2.43. The molecule has 160 valence electrons. The first kappa shape index (κ1) is 21.2. The number of rotatable bonds is 6. The Morgan fingerprint density at radius 3 is 2.77 bits per heavy atom. The van der Waals surface area contributed by atoms with E-state index < -0.39 is 6.04 Å². The lowest BCUT2D eigenvalue weighted by atomic mass is 10.0. The van der Waals surface area contributed by atoms with Gasteiger partial charge in [-0.3, -0.25) is 14.9 Å². The number of aromatic nitrogens is 1. The summed E-state index contributed by atoms with van der Waals surface area (Å²) in [6.45, 7) is 2.30. The number of amides is 2. The molecule has 1 N–H and O–H groups in total. The highest BCUT2D eigenvalue weighted by atomic mass is 32.1. The molecular weight excluding hydrogens is 413 g/mol. The number of halogens is 1. The maximum Gasteiger partial charge on any atom is 0.253 e. The lowest BCUT2D eigenvalue weighted by Gasteiger charge is -2.33. The third-order valence-electron chi connectivity index (χ3n) is 5.43. The molecule has 4 rings (SSSR count). The smallest absolute Gasteiger partial charge is 0.253 e. The highest BCUT2D eigenvalue weighted by Crippen LogP contribution is 2.28. The number of carbonyl (C=O) groups excluding carboxylic acids is 2. The zero-order valence-corrected chi connectivity index (χ0v) is 18.1. The zero-order valence-electron chi connectivity index (χ0n) is 17.3. The van der Waals surface area contributed by atoms with Crippen LogP contribution in [-0.4, -0.2) is 28.2 Å². The zero-order chi connectivity index (χ0) is 21.8. The fraction of sp³-hybridized carbons (Fsp3) is 0.292. The maximum absolute atomic E-state index is 13.8. The largest absolute Gasteiger partial charge is 0.327 e. The van der Waals surface area contributed by atoms with Crippen LogP contribution in [0.5, 0.6) is 0 Å². The molecule has 1 atom stereocenters. The minimum Gasteiger partial charge on any atom is -0.327 e. The second-order valence-electron chi connectivity index (χ2n) is 7.74. The molecule has 1 aliphatic heterocycles. The summed E-state index contributed by atoms with van der Waals surface area (Å²) in [5.74, 6) is -0.507. The maximum atomic E-state index is 13.8. The predicted octanol–water partition coefficient (Wildman–Crippen LogP) is 4.87. The van der Waals surface area contributed by atoms with E-state index in [-0.39, 0.29) is 17.6 Å². The van der Waals surface area contributed by atoms with Crippen molar-refractivity contribution in [3.8, 4) is 0 Å². The number of thiazole rings is 1. The van der Waals surface area contributed by atoms with E-state index >= 15 is 0 Å². The van der Waals surface area contributed by atoms with Crippen molar-refractivity contribution < 1.29 is 14.0 Å². The Balaban J connectivity index is 1.51. The van der Waals surface area contributed by atoms with Crippen LogP contribution in [0.4, 0.5) is 9.52 Å². The van der Waals surface area contributed by atoms with Crippen LogP contribution in [0.15, 0.2) is 54.7 Å². The Morgan fingerprint density at radius 1 is 1.23 bits per heavy atom. The van der Waals surface area contributed by atoms with Gasteiger partial charge in [-0.25, -0.2) is 9.37 Å². The fourth-order valence-corrected chi connectivity index (χ4v) is 4.63. The number of hydrogen-bond acceptors (Lipinski definition) is 4. The number of carbonyl (C=O) groups is 2. The summed E-state index contributed by atoms with van der Waals surface area (Å²) < 4.78 is 13.8. The van der Waals surface area contributed by atoms with Crippen LogP contribution in [0.1, 0.15) is 46.9 Å². The molecule has 0 aliphatic carbocycles. The molecule has 2 amide bonds. The number of benzene rings is 2. The summed E-state index contributed by atoms with van der Waals surface area (Å²) in [5, 5.41) is 3.36. The van der Waals surface area contributed by atoms with Crippen LogP contribution in [0, 0.1) is 12.7 Å². The van der Waals surface area contributed by atoms with Crippen molar-refractivity contribution >= 4 is 28.3 Å². The standard InChI is InChI=1S/C24H24FN3O2S/c1-16-10-11-17(14-20(16)25)13-19-15-26-24(31-19)27-23(30)22(18-7-3-2-4-8-18)28-12-6-5-9-21(28)29/h2-4,7-8,10-11,14-15,22H,5-6,9,12-13H2,1H3,(H,26,27,30). The summed E-state index contributed by atoms with van der Waals surface area (Å²) in [6.07, 6.45) is 4.44. The van der Waals surface area contributed by atoms with Crippen LogP contribution < -0.4 is 5.32 Å². The van der Waals surface area contributed by atoms with E-state index in [1.807, 2.05) is 36.4 Å². The van der Waals surface area contributed by atoms with E-state index in [9.17, 15) is 14.0 Å². The molecule has 1 saturated heterocycles. The Kier molecular flexibility index (Phi) is 6.42. The van der Waals surface area contributed by atoms with Crippen molar-refractivity contribution in [2.24, 2.45) is 0 Å². The lowest BCUT2D eigenvalue weighted by molar-refractivity contribution is -0.141. The van der Waals surface area contributed by atoms with Crippen LogP contribution in [-0.2, 0) is 16.0 Å². The number of anilines is 1. The summed E-state index contributed by atoms with van der Waals surface area (Å²) >= 11 is 1.36. The Bertz CT molecular complexity index is 1080. The van der Waals surface area contributed by atoms with E-state index in [4.69, 9.17) is 0 Å². The molecule has 5 nitrogen and oxygen atoms in total. The minimum atomic E-state index is -0.687. The summed E-state index contributed by atoms with van der Waals surface area (Å²) in [6, 6.07) is 13.8. The molecule has 1 fully saturated rings. The van der Waals surface area contributed by atoms with E-state index in [2.05, 4.69) is 10.3 Å². The normalized spacial score (nSPS) is 15.0. The van der Waals surface area contributed by atoms with Crippen LogP contribution in [0.3, 0.4) is 0 Å². The second kappa shape index (κ2) is 9.39. The van der Waals surface area contributed by atoms with Gasteiger partial charge in [-0.1, -0.05) is 42.5 Å². The molecule has 31 heavy (non-hydrogen) atoms. The van der Waals surface area contributed by atoms with Crippen LogP contribution in [0.25, 0.3) is 0 Å². The number of aryl methyl sites for hydroxylation is 1. The third kappa shape index (κ3) is 4.99. The monoisotopic (exact) mass is 437 g/mol. The summed E-state index contributed by atoms with van der Waals surface area (Å²) in [4.78, 5) is 32.7. The SMILES string of the molecule is Cc1ccc(Cc2cnc(NC(=O)C(c3ccccc3)N3CCCCC3=O)s2)cc1F. The van der Waals surface area contributed by atoms with Crippen molar-refractivity contribution in [1.82, 2.24) is 9.88 Å². The van der Waals surface area contributed by atoms with E-state index in [0.717, 1.165) is 28.8 Å². The van der Waals surface area contributed by atoms with Gasteiger partial charge in [-0.15, -0.1) is 11.3 Å². The van der Waals surface area contributed by atoms with Crippen LogP contribution in [0.2, 0.25) is 0 Å². The molecular formula is C24H24FN3O2S. The first-order chi connectivity index (χ1) is 15.0. The van der Waals surface area contributed by atoms with Crippen molar-refractivity contribution in [2.45, 2.75) is 38.6 Å². The molecule has 0 radical (unpaired) electrons. The number of likely N-dealkylation sites (tertiary alicyclic amines) is 1. The number of nitrogens with zero attached hydrogens (tertiary/aromatic N) is 2. The highest BCUT2D eigenvalue weighted by Gasteiger charge is 2.33. The van der Waals surface area contributed by atoms with E-state index in [1.165, 1.54) is 17.4 Å². The van der Waals surface area contributed by atoms with Gasteiger partial charge in [0.05, 0.1) is 0 Å². The highest BCUT2D eigenvalue weighted by molar-refractivity contribution is 7.15. The predicted molar refractivity (Wildman–Crippen MR) is 119 cm³/mol. The van der Waals surface area contributed by atoms with Gasteiger partial charge >= 0.3 is 0 Å². The van der Waals surface area contributed by atoms with Gasteiger partial charge in [0.2, 0.25) is 5.91 Å². The van der Waals surface area contributed by atoms with Gasteiger partial charge in [0, 0.05) is 30.5 Å². The topological polar surface area (TPSA) is 62.3 Å². The molecule has 2 aromatic carbocycles. The van der Waals surface area contributed by atoms with Gasteiger partial charge in [0.1, 0.15) is 11.9 Å². The molecule has 3 aromatic rings. The van der Waals surface area contributed by atoms with E-state index in [0.29, 0.717) is 30.1 Å². The molecule has 1 unspecified atom stereocenters. The first-order valence-corrected chi connectivity index (χ1v) is 11.2. The molecule has 0 spiro atoms. The number of nitrogens with one attached hydrogen (secondary N) is 1. The van der Waals surface area contributed by atoms with Gasteiger partial charge in [0.15, 0.2) is 5.13 Å². The number of hydrogen-bond donors (Lipinski definition) is 1. The molecule has 0 saturated carbocycles. The molecule has 0 bridgehead atoms. The van der Waals surface area contributed by atoms with Gasteiger partial charge < -0.3 is 4.90 Å². The van der Waals surface area contributed by atoms with Gasteiger partial charge in [0.25, 0.3) is 5.91 Å². The fourth-order valence-electron chi connectivity index (χ4n) is 3.78. The van der Waals surface area contributed by atoms with Crippen molar-refractivity contribution in [2.75, 3.05) is 11.9 Å². The Hall–Kier alpha value is -3.06. The Morgan fingerprint density at radius 2 is 2.03 bits per heavy atom. The summed E-state index contributed by atoms with van der Waals surface area (Å²) in [5.41, 5.74) is 2.24. The third-order valence-corrected chi connectivity index (χ3v) is 6.35. The number of piperidine rings is 1. The Labute approximate surface area is 184 Å². The van der Waals surface area contributed by atoms with Crippen molar-refractivity contribution in [1.29, 1.82) is 0 Å².